The van der Waals surface area contributed by atoms with Crippen molar-refractivity contribution in [1.29, 1.82) is 0 Å². The van der Waals surface area contributed by atoms with Crippen molar-refractivity contribution < 1.29 is 14.3 Å². The minimum Gasteiger partial charge on any atom is -0.453 e. The Balaban J connectivity index is 1.66. The molecule has 1 aliphatic heterocycles. The summed E-state index contributed by atoms with van der Waals surface area (Å²) < 4.78 is 4.71. The summed E-state index contributed by atoms with van der Waals surface area (Å²) in [5.41, 5.74) is 0.785. The quantitative estimate of drug-likeness (QED) is 0.779. The van der Waals surface area contributed by atoms with Crippen LogP contribution in [0.2, 0.25) is 0 Å². The molecule has 1 aromatic rings. The third-order valence-electron chi connectivity index (χ3n) is 3.78. The molecule has 0 aromatic heterocycles. The molecule has 5 heteroatoms. The van der Waals surface area contributed by atoms with E-state index in [1.54, 1.807) is 4.90 Å². The van der Waals surface area contributed by atoms with Crippen LogP contribution in [0.1, 0.15) is 23.2 Å². The van der Waals surface area contributed by atoms with Crippen LogP contribution in [0.15, 0.2) is 30.3 Å². The Morgan fingerprint density at radius 3 is 2.38 bits per heavy atom. The lowest BCUT2D eigenvalue weighted by molar-refractivity contribution is 0.0887. The molecule has 1 heterocycles. The van der Waals surface area contributed by atoms with Gasteiger partial charge < -0.3 is 9.64 Å². The molecule has 0 unspecified atom stereocenters. The van der Waals surface area contributed by atoms with Crippen molar-refractivity contribution in [2.75, 3.05) is 39.8 Å². The average Bonchev–Trinajstić information content (AvgIpc) is 2.55. The maximum Gasteiger partial charge on any atom is 0.409 e. The van der Waals surface area contributed by atoms with E-state index in [1.165, 1.54) is 7.11 Å². The zero-order valence-corrected chi connectivity index (χ0v) is 12.5. The van der Waals surface area contributed by atoms with Crippen molar-refractivity contribution in [1.82, 2.24) is 9.80 Å². The summed E-state index contributed by atoms with van der Waals surface area (Å²) >= 11 is 0. The van der Waals surface area contributed by atoms with E-state index < -0.39 is 0 Å². The fraction of sp³-hybridized carbons (Fsp3) is 0.500. The predicted octanol–water partition coefficient (Wildman–Crippen LogP) is 2.03. The number of ketones is 1. The largest absolute Gasteiger partial charge is 0.453 e. The van der Waals surface area contributed by atoms with Gasteiger partial charge in [-0.3, -0.25) is 9.69 Å². The Kier molecular flexibility index (Phi) is 5.75. The molecular formula is C16H22N2O3. The van der Waals surface area contributed by atoms with Gasteiger partial charge in [-0.25, -0.2) is 4.79 Å². The van der Waals surface area contributed by atoms with E-state index in [0.717, 1.165) is 31.6 Å². The second-order valence-corrected chi connectivity index (χ2v) is 5.19. The van der Waals surface area contributed by atoms with Crippen molar-refractivity contribution >= 4 is 11.9 Å². The molecule has 1 aliphatic rings. The lowest BCUT2D eigenvalue weighted by Gasteiger charge is -2.33. The fourth-order valence-electron chi connectivity index (χ4n) is 2.51. The Bertz CT molecular complexity index is 468. The van der Waals surface area contributed by atoms with E-state index in [4.69, 9.17) is 4.74 Å². The van der Waals surface area contributed by atoms with Gasteiger partial charge in [0.2, 0.25) is 0 Å². The van der Waals surface area contributed by atoms with Crippen LogP contribution in [-0.2, 0) is 4.74 Å². The monoisotopic (exact) mass is 290 g/mol. The number of Topliss-reactive ketones (excluding diaryl/α,β-unsaturated/α-hetero) is 1. The fourth-order valence-corrected chi connectivity index (χ4v) is 2.51. The number of carbonyl (C=O) groups is 2. The number of amides is 1. The summed E-state index contributed by atoms with van der Waals surface area (Å²) in [6, 6.07) is 9.41. The lowest BCUT2D eigenvalue weighted by Crippen LogP contribution is -2.48. The minimum atomic E-state index is -0.256. The van der Waals surface area contributed by atoms with E-state index in [9.17, 15) is 9.59 Å². The summed E-state index contributed by atoms with van der Waals surface area (Å²) in [6.45, 7) is 3.97. The number of ether oxygens (including phenoxy) is 1. The van der Waals surface area contributed by atoms with Crippen molar-refractivity contribution in [2.24, 2.45) is 0 Å². The smallest absolute Gasteiger partial charge is 0.409 e. The topological polar surface area (TPSA) is 49.9 Å². The Morgan fingerprint density at radius 1 is 1.10 bits per heavy atom. The molecule has 0 bridgehead atoms. The van der Waals surface area contributed by atoms with Gasteiger partial charge in [-0.2, -0.15) is 0 Å². The first-order valence-corrected chi connectivity index (χ1v) is 7.34. The third-order valence-corrected chi connectivity index (χ3v) is 3.78. The number of benzene rings is 1. The molecule has 0 N–H and O–H groups in total. The first-order chi connectivity index (χ1) is 10.2. The number of carbonyl (C=O) groups excluding carboxylic acids is 2. The lowest BCUT2D eigenvalue weighted by atomic mass is 10.1. The van der Waals surface area contributed by atoms with Crippen LogP contribution < -0.4 is 0 Å². The molecular weight excluding hydrogens is 268 g/mol. The summed E-state index contributed by atoms with van der Waals surface area (Å²) in [7, 11) is 1.41. The average molecular weight is 290 g/mol. The minimum absolute atomic E-state index is 0.198. The summed E-state index contributed by atoms with van der Waals surface area (Å²) in [5, 5.41) is 0. The van der Waals surface area contributed by atoms with Crippen LogP contribution in [0.3, 0.4) is 0 Å². The van der Waals surface area contributed by atoms with Crippen LogP contribution in [0.5, 0.6) is 0 Å². The molecule has 1 fully saturated rings. The molecule has 0 radical (unpaired) electrons. The molecule has 1 aromatic carbocycles. The number of piperazine rings is 1. The Hall–Kier alpha value is -1.88. The van der Waals surface area contributed by atoms with Crippen molar-refractivity contribution in [3.05, 3.63) is 35.9 Å². The highest BCUT2D eigenvalue weighted by Crippen LogP contribution is 2.08. The number of hydrogen-bond donors (Lipinski definition) is 0. The van der Waals surface area contributed by atoms with Gasteiger partial charge in [0.1, 0.15) is 0 Å². The molecule has 114 valence electrons. The van der Waals surface area contributed by atoms with Gasteiger partial charge in [0, 0.05) is 38.2 Å². The predicted molar refractivity (Wildman–Crippen MR) is 80.4 cm³/mol. The maximum atomic E-state index is 12.0. The van der Waals surface area contributed by atoms with Gasteiger partial charge in [-0.15, -0.1) is 0 Å². The van der Waals surface area contributed by atoms with Crippen LogP contribution in [0.25, 0.3) is 0 Å². The van der Waals surface area contributed by atoms with Gasteiger partial charge in [0.25, 0.3) is 0 Å². The summed E-state index contributed by atoms with van der Waals surface area (Å²) in [6.07, 6.45) is 1.17. The molecule has 1 amide bonds. The van der Waals surface area contributed by atoms with Crippen LogP contribution >= 0.6 is 0 Å². The van der Waals surface area contributed by atoms with E-state index >= 15 is 0 Å². The first-order valence-electron chi connectivity index (χ1n) is 7.34. The molecule has 1 saturated heterocycles. The van der Waals surface area contributed by atoms with E-state index in [-0.39, 0.29) is 11.9 Å². The molecule has 0 spiro atoms. The second-order valence-electron chi connectivity index (χ2n) is 5.19. The normalized spacial score (nSPS) is 15.8. The van der Waals surface area contributed by atoms with Crippen molar-refractivity contribution in [3.63, 3.8) is 0 Å². The second kappa shape index (κ2) is 7.78. The third kappa shape index (κ3) is 4.56. The van der Waals surface area contributed by atoms with Crippen molar-refractivity contribution in [3.8, 4) is 0 Å². The number of rotatable bonds is 5. The molecule has 0 atom stereocenters. The molecule has 2 rings (SSSR count). The zero-order chi connectivity index (χ0) is 15.1. The molecule has 5 nitrogen and oxygen atoms in total. The zero-order valence-electron chi connectivity index (χ0n) is 12.5. The van der Waals surface area contributed by atoms with Crippen molar-refractivity contribution in [2.45, 2.75) is 12.8 Å². The van der Waals surface area contributed by atoms with Crippen LogP contribution in [-0.4, -0.2) is 61.5 Å². The van der Waals surface area contributed by atoms with Gasteiger partial charge in [-0.05, 0) is 13.0 Å². The van der Waals surface area contributed by atoms with E-state index in [2.05, 4.69) is 4.90 Å². The van der Waals surface area contributed by atoms with Gasteiger partial charge in [0.15, 0.2) is 5.78 Å². The van der Waals surface area contributed by atoms with Gasteiger partial charge in [0.05, 0.1) is 7.11 Å². The first kappa shape index (κ1) is 15.5. The van der Waals surface area contributed by atoms with E-state index in [0.29, 0.717) is 19.5 Å². The standard InChI is InChI=1S/C16H22N2O3/c1-21-16(20)18-12-10-17(11-13-18)9-5-8-15(19)14-6-3-2-4-7-14/h2-4,6-7H,5,8-13H2,1H3. The van der Waals surface area contributed by atoms with Gasteiger partial charge in [-0.1, -0.05) is 30.3 Å². The maximum absolute atomic E-state index is 12.0. The molecule has 21 heavy (non-hydrogen) atoms. The van der Waals surface area contributed by atoms with E-state index in [1.807, 2.05) is 30.3 Å². The highest BCUT2D eigenvalue weighted by atomic mass is 16.5. The molecule has 0 saturated carbocycles. The summed E-state index contributed by atoms with van der Waals surface area (Å²) in [4.78, 5) is 27.4. The number of hydrogen-bond acceptors (Lipinski definition) is 4. The van der Waals surface area contributed by atoms with Gasteiger partial charge >= 0.3 is 6.09 Å². The molecule has 0 aliphatic carbocycles. The Labute approximate surface area is 125 Å². The number of nitrogens with zero attached hydrogens (tertiary/aromatic N) is 2. The summed E-state index contributed by atoms with van der Waals surface area (Å²) in [5.74, 6) is 0.198. The van der Waals surface area contributed by atoms with Crippen LogP contribution in [0.4, 0.5) is 4.79 Å². The highest BCUT2D eigenvalue weighted by molar-refractivity contribution is 5.95. The Morgan fingerprint density at radius 2 is 1.76 bits per heavy atom. The van der Waals surface area contributed by atoms with Crippen LogP contribution in [0, 0.1) is 0 Å². The number of methoxy groups -OCH3 is 1. The highest BCUT2D eigenvalue weighted by Gasteiger charge is 2.21. The SMILES string of the molecule is COC(=O)N1CCN(CCCC(=O)c2ccccc2)CC1.